The number of rotatable bonds is 5. The molecule has 2 aromatic carbocycles. The third-order valence-electron chi connectivity index (χ3n) is 3.00. The standard InChI is InChI=1S/C14H14N4O3S/c1-2-21-11-4-3-5-12(9-11)22(19,20)17-10-6-7-13-14(8-10)16-18-15-13/h3-9,17H,2H2,1H3,(H,15,16,18). The normalized spacial score (nSPS) is 11.5. The first-order chi connectivity index (χ1) is 10.6. The van der Waals surface area contributed by atoms with Crippen LogP contribution in [0.3, 0.4) is 0 Å². The quantitative estimate of drug-likeness (QED) is 0.751. The first-order valence-corrected chi connectivity index (χ1v) is 8.13. The van der Waals surface area contributed by atoms with Crippen molar-refractivity contribution in [3.8, 4) is 5.75 Å². The van der Waals surface area contributed by atoms with Crippen molar-refractivity contribution in [2.75, 3.05) is 11.3 Å². The second-order valence-electron chi connectivity index (χ2n) is 4.54. The van der Waals surface area contributed by atoms with Gasteiger partial charge in [-0.15, -0.1) is 0 Å². The van der Waals surface area contributed by atoms with Gasteiger partial charge in [0, 0.05) is 6.07 Å². The molecule has 0 atom stereocenters. The molecule has 0 amide bonds. The minimum Gasteiger partial charge on any atom is -0.494 e. The summed E-state index contributed by atoms with van der Waals surface area (Å²) in [5, 5.41) is 10.3. The van der Waals surface area contributed by atoms with Crippen LogP contribution in [0.4, 0.5) is 5.69 Å². The maximum absolute atomic E-state index is 12.4. The lowest BCUT2D eigenvalue weighted by Gasteiger charge is -2.09. The van der Waals surface area contributed by atoms with Gasteiger partial charge in [-0.25, -0.2) is 8.42 Å². The number of H-pyrrole nitrogens is 1. The van der Waals surface area contributed by atoms with Crippen LogP contribution in [0, 0.1) is 0 Å². The van der Waals surface area contributed by atoms with E-state index in [2.05, 4.69) is 20.1 Å². The van der Waals surface area contributed by atoms with Crippen LogP contribution >= 0.6 is 0 Å². The second kappa shape index (κ2) is 5.64. The topological polar surface area (TPSA) is 97.0 Å². The van der Waals surface area contributed by atoms with Gasteiger partial charge in [0.05, 0.1) is 17.2 Å². The number of sulfonamides is 1. The lowest BCUT2D eigenvalue weighted by molar-refractivity contribution is 0.339. The molecule has 3 rings (SSSR count). The van der Waals surface area contributed by atoms with Gasteiger partial charge >= 0.3 is 0 Å². The molecule has 0 unspecified atom stereocenters. The molecule has 1 heterocycles. The van der Waals surface area contributed by atoms with Crippen molar-refractivity contribution >= 4 is 26.7 Å². The number of aromatic nitrogens is 3. The first kappa shape index (κ1) is 14.3. The molecule has 0 aliphatic rings. The van der Waals surface area contributed by atoms with Crippen LogP contribution in [0.15, 0.2) is 47.4 Å². The average Bonchev–Trinajstić information content (AvgIpc) is 2.95. The Kier molecular flexibility index (Phi) is 3.68. The van der Waals surface area contributed by atoms with Gasteiger partial charge < -0.3 is 4.74 Å². The van der Waals surface area contributed by atoms with Crippen molar-refractivity contribution < 1.29 is 13.2 Å². The highest BCUT2D eigenvalue weighted by atomic mass is 32.2. The van der Waals surface area contributed by atoms with E-state index in [0.717, 1.165) is 0 Å². The van der Waals surface area contributed by atoms with E-state index in [1.165, 1.54) is 12.1 Å². The van der Waals surface area contributed by atoms with E-state index in [4.69, 9.17) is 4.74 Å². The summed E-state index contributed by atoms with van der Waals surface area (Å²) in [6, 6.07) is 11.3. The van der Waals surface area contributed by atoms with E-state index < -0.39 is 10.0 Å². The van der Waals surface area contributed by atoms with Gasteiger partial charge in [-0.1, -0.05) is 6.07 Å². The van der Waals surface area contributed by atoms with E-state index in [-0.39, 0.29) is 4.90 Å². The van der Waals surface area contributed by atoms with Crippen LogP contribution in [0.25, 0.3) is 11.0 Å². The molecule has 0 radical (unpaired) electrons. The smallest absolute Gasteiger partial charge is 0.262 e. The predicted octanol–water partition coefficient (Wildman–Crippen LogP) is 2.16. The molecule has 0 saturated heterocycles. The zero-order chi connectivity index (χ0) is 15.6. The minimum absolute atomic E-state index is 0.138. The third-order valence-corrected chi connectivity index (χ3v) is 4.37. The van der Waals surface area contributed by atoms with Crippen molar-refractivity contribution in [3.05, 3.63) is 42.5 Å². The summed E-state index contributed by atoms with van der Waals surface area (Å²) >= 11 is 0. The summed E-state index contributed by atoms with van der Waals surface area (Å²) in [6.45, 7) is 2.31. The van der Waals surface area contributed by atoms with Crippen molar-refractivity contribution in [1.29, 1.82) is 0 Å². The largest absolute Gasteiger partial charge is 0.494 e. The predicted molar refractivity (Wildman–Crippen MR) is 82.3 cm³/mol. The number of fused-ring (bicyclic) bond motifs is 1. The SMILES string of the molecule is CCOc1cccc(S(=O)(=O)Nc2ccc3n[nH]nc3c2)c1. The van der Waals surface area contributed by atoms with Gasteiger partial charge in [-0.2, -0.15) is 15.4 Å². The molecule has 0 spiro atoms. The van der Waals surface area contributed by atoms with Crippen molar-refractivity contribution in [3.63, 3.8) is 0 Å². The van der Waals surface area contributed by atoms with Crippen molar-refractivity contribution in [1.82, 2.24) is 15.4 Å². The molecule has 0 aliphatic heterocycles. The molecule has 3 aromatic rings. The number of hydrogen-bond donors (Lipinski definition) is 2. The second-order valence-corrected chi connectivity index (χ2v) is 6.22. The molecule has 0 bridgehead atoms. The summed E-state index contributed by atoms with van der Waals surface area (Å²) in [4.78, 5) is 0.138. The molecule has 2 N–H and O–H groups in total. The van der Waals surface area contributed by atoms with Gasteiger partial charge in [-0.05, 0) is 37.3 Å². The third kappa shape index (κ3) is 2.86. The van der Waals surface area contributed by atoms with Gasteiger partial charge in [0.2, 0.25) is 0 Å². The fourth-order valence-corrected chi connectivity index (χ4v) is 3.10. The highest BCUT2D eigenvalue weighted by Gasteiger charge is 2.15. The minimum atomic E-state index is -3.69. The molecular formula is C14H14N4O3S. The zero-order valence-electron chi connectivity index (χ0n) is 11.8. The summed E-state index contributed by atoms with van der Waals surface area (Å²) in [7, 11) is -3.69. The zero-order valence-corrected chi connectivity index (χ0v) is 12.6. The van der Waals surface area contributed by atoms with Gasteiger partial charge in [-0.3, -0.25) is 4.72 Å². The maximum atomic E-state index is 12.4. The highest BCUT2D eigenvalue weighted by molar-refractivity contribution is 7.92. The number of hydrogen-bond acceptors (Lipinski definition) is 5. The Hall–Kier alpha value is -2.61. The lowest BCUT2D eigenvalue weighted by Crippen LogP contribution is -2.13. The highest BCUT2D eigenvalue weighted by Crippen LogP contribution is 2.22. The number of nitrogens with one attached hydrogen (secondary N) is 2. The fourth-order valence-electron chi connectivity index (χ4n) is 2.02. The molecule has 0 aliphatic carbocycles. The molecule has 114 valence electrons. The fraction of sp³-hybridized carbons (Fsp3) is 0.143. The van der Waals surface area contributed by atoms with Crippen LogP contribution in [0.2, 0.25) is 0 Å². The van der Waals surface area contributed by atoms with Crippen molar-refractivity contribution in [2.24, 2.45) is 0 Å². The Morgan fingerprint density at radius 1 is 1.14 bits per heavy atom. The molecule has 7 nitrogen and oxygen atoms in total. The van der Waals surface area contributed by atoms with E-state index in [1.807, 2.05) is 6.92 Å². The lowest BCUT2D eigenvalue weighted by atomic mass is 10.3. The van der Waals surface area contributed by atoms with E-state index in [9.17, 15) is 8.42 Å². The monoisotopic (exact) mass is 318 g/mol. The van der Waals surface area contributed by atoms with Crippen molar-refractivity contribution in [2.45, 2.75) is 11.8 Å². The summed E-state index contributed by atoms with van der Waals surface area (Å²) in [5.74, 6) is 0.511. The summed E-state index contributed by atoms with van der Waals surface area (Å²) < 4.78 is 32.7. The Balaban J connectivity index is 1.90. The summed E-state index contributed by atoms with van der Waals surface area (Å²) in [5.41, 5.74) is 1.67. The van der Waals surface area contributed by atoms with Crippen LogP contribution in [0.5, 0.6) is 5.75 Å². The Bertz CT molecular complexity index is 905. The van der Waals surface area contributed by atoms with E-state index in [1.54, 1.807) is 30.3 Å². The van der Waals surface area contributed by atoms with E-state index in [0.29, 0.717) is 29.1 Å². The molecule has 22 heavy (non-hydrogen) atoms. The van der Waals surface area contributed by atoms with Gasteiger partial charge in [0.15, 0.2) is 0 Å². The Morgan fingerprint density at radius 3 is 2.77 bits per heavy atom. The Morgan fingerprint density at radius 2 is 1.95 bits per heavy atom. The molecule has 0 fully saturated rings. The number of aromatic amines is 1. The maximum Gasteiger partial charge on any atom is 0.262 e. The number of nitrogens with zero attached hydrogens (tertiary/aromatic N) is 2. The molecule has 0 saturated carbocycles. The summed E-state index contributed by atoms with van der Waals surface area (Å²) in [6.07, 6.45) is 0. The van der Waals surface area contributed by atoms with Gasteiger partial charge in [0.1, 0.15) is 16.8 Å². The number of anilines is 1. The number of benzene rings is 2. The molecular weight excluding hydrogens is 304 g/mol. The van der Waals surface area contributed by atoms with E-state index >= 15 is 0 Å². The first-order valence-electron chi connectivity index (χ1n) is 6.65. The van der Waals surface area contributed by atoms with Gasteiger partial charge in [0.25, 0.3) is 10.0 Å². The molecule has 8 heteroatoms. The Labute approximate surface area is 127 Å². The number of ether oxygens (including phenoxy) is 1. The van der Waals surface area contributed by atoms with Crippen LogP contribution in [-0.2, 0) is 10.0 Å². The van der Waals surface area contributed by atoms with Crippen LogP contribution in [-0.4, -0.2) is 30.4 Å². The van der Waals surface area contributed by atoms with Crippen LogP contribution in [0.1, 0.15) is 6.92 Å². The van der Waals surface area contributed by atoms with Crippen LogP contribution < -0.4 is 9.46 Å². The molecule has 1 aromatic heterocycles. The average molecular weight is 318 g/mol.